The maximum Gasteiger partial charge on any atom is 0.328 e. The smallest absolute Gasteiger partial charge is 0.296 e. The van der Waals surface area contributed by atoms with Crippen molar-refractivity contribution in [2.24, 2.45) is 4.99 Å². The molecule has 1 heterocycles. The molecule has 0 bridgehead atoms. The lowest BCUT2D eigenvalue weighted by atomic mass is 10.2. The molecule has 2 rings (SSSR count). The molecule has 1 fully saturated rings. The molecule has 0 radical (unpaired) electrons. The van der Waals surface area contributed by atoms with Crippen molar-refractivity contribution in [3.05, 3.63) is 53.1 Å². The van der Waals surface area contributed by atoms with Crippen molar-refractivity contribution >= 4 is 18.4 Å². The van der Waals surface area contributed by atoms with Crippen molar-refractivity contribution in [2.75, 3.05) is 18.0 Å². The van der Waals surface area contributed by atoms with Crippen LogP contribution in [0.3, 0.4) is 0 Å². The van der Waals surface area contributed by atoms with E-state index < -0.39 is 17.8 Å². The molecule has 24 heavy (non-hydrogen) atoms. The topological polar surface area (TPSA) is 35.9 Å². The Hall–Kier alpha value is -2.57. The van der Waals surface area contributed by atoms with Crippen LogP contribution < -0.4 is 4.90 Å². The third-order valence-corrected chi connectivity index (χ3v) is 3.94. The van der Waals surface area contributed by atoms with E-state index in [4.69, 9.17) is 0 Å². The summed E-state index contributed by atoms with van der Waals surface area (Å²) in [7, 11) is 0. The second kappa shape index (κ2) is 7.33. The quantitative estimate of drug-likeness (QED) is 0.575. The Labute approximate surface area is 138 Å². The number of carbonyl (C=O) groups excluding carboxylic acids is 1. The van der Waals surface area contributed by atoms with Gasteiger partial charge < -0.3 is 0 Å². The first-order chi connectivity index (χ1) is 11.4. The number of alkyl halides is 2. The van der Waals surface area contributed by atoms with Gasteiger partial charge in [-0.15, -0.1) is 0 Å². The maximum atomic E-state index is 13.4. The van der Waals surface area contributed by atoms with Gasteiger partial charge in [-0.2, -0.15) is 0 Å². The summed E-state index contributed by atoms with van der Waals surface area (Å²) >= 11 is 0. The molecule has 4 nitrogen and oxygen atoms in total. The SMILES string of the molecule is C=N/C=C\C(C)=C(/C)N1CCN(c2ccc(F)c(C(F)F)c2)C1=O. The van der Waals surface area contributed by atoms with Crippen molar-refractivity contribution in [1.82, 2.24) is 4.90 Å². The molecular weight excluding hydrogens is 319 g/mol. The zero-order valence-electron chi connectivity index (χ0n) is 13.5. The molecular formula is C17H18F3N3O. The summed E-state index contributed by atoms with van der Waals surface area (Å²) in [5.74, 6) is -0.980. The first-order valence-corrected chi connectivity index (χ1v) is 7.33. The van der Waals surface area contributed by atoms with Crippen molar-refractivity contribution < 1.29 is 18.0 Å². The minimum absolute atomic E-state index is 0.257. The van der Waals surface area contributed by atoms with E-state index in [0.717, 1.165) is 23.4 Å². The lowest BCUT2D eigenvalue weighted by Gasteiger charge is -2.21. The van der Waals surface area contributed by atoms with E-state index in [1.165, 1.54) is 17.2 Å². The van der Waals surface area contributed by atoms with Crippen LogP contribution in [-0.4, -0.2) is 30.7 Å². The minimum atomic E-state index is -2.93. The molecule has 7 heteroatoms. The van der Waals surface area contributed by atoms with E-state index in [1.54, 1.807) is 17.9 Å². The second-order valence-corrected chi connectivity index (χ2v) is 5.36. The first kappa shape index (κ1) is 17.8. The summed E-state index contributed by atoms with van der Waals surface area (Å²) in [6.07, 6.45) is 0.316. The highest BCUT2D eigenvalue weighted by molar-refractivity contribution is 5.95. The van der Waals surface area contributed by atoms with Gasteiger partial charge in [0.2, 0.25) is 0 Å². The fraction of sp³-hybridized carbons (Fsp3) is 0.294. The van der Waals surface area contributed by atoms with Crippen LogP contribution in [0.2, 0.25) is 0 Å². The number of hydrogen-bond donors (Lipinski definition) is 0. The number of halogens is 3. The van der Waals surface area contributed by atoms with Crippen molar-refractivity contribution in [3.8, 4) is 0 Å². The largest absolute Gasteiger partial charge is 0.328 e. The molecule has 1 aliphatic rings. The van der Waals surface area contributed by atoms with E-state index in [1.807, 2.05) is 6.92 Å². The molecule has 0 spiro atoms. The zero-order chi connectivity index (χ0) is 17.9. The van der Waals surface area contributed by atoms with Crippen molar-refractivity contribution in [2.45, 2.75) is 20.3 Å². The van der Waals surface area contributed by atoms with Gasteiger partial charge in [-0.1, -0.05) is 0 Å². The van der Waals surface area contributed by atoms with Crippen LogP contribution in [-0.2, 0) is 0 Å². The number of aliphatic imine (C=N–C) groups is 1. The number of allylic oxidation sites excluding steroid dienone is 3. The number of rotatable bonds is 5. The van der Waals surface area contributed by atoms with Gasteiger partial charge in [0.25, 0.3) is 6.43 Å². The molecule has 1 aromatic rings. The fourth-order valence-electron chi connectivity index (χ4n) is 2.45. The van der Waals surface area contributed by atoms with Gasteiger partial charge in [-0.3, -0.25) is 14.8 Å². The molecule has 128 valence electrons. The Morgan fingerprint density at radius 3 is 2.67 bits per heavy atom. The number of benzene rings is 1. The van der Waals surface area contributed by atoms with Crippen LogP contribution in [0.15, 0.2) is 46.7 Å². The van der Waals surface area contributed by atoms with E-state index >= 15 is 0 Å². The van der Waals surface area contributed by atoms with Gasteiger partial charge in [-0.05, 0) is 50.4 Å². The molecule has 0 atom stereocenters. The monoisotopic (exact) mass is 337 g/mol. The second-order valence-electron chi connectivity index (χ2n) is 5.36. The summed E-state index contributed by atoms with van der Waals surface area (Å²) < 4.78 is 39.1. The molecule has 0 unspecified atom stereocenters. The Morgan fingerprint density at radius 1 is 1.33 bits per heavy atom. The number of anilines is 1. The predicted octanol–water partition coefficient (Wildman–Crippen LogP) is 4.51. The van der Waals surface area contributed by atoms with Crippen LogP contribution in [0.4, 0.5) is 23.7 Å². The average molecular weight is 337 g/mol. The van der Waals surface area contributed by atoms with E-state index in [-0.39, 0.29) is 11.7 Å². The Kier molecular flexibility index (Phi) is 5.43. The normalized spacial score (nSPS) is 16.3. The molecule has 2 amide bonds. The third kappa shape index (κ3) is 3.50. The van der Waals surface area contributed by atoms with Gasteiger partial charge in [-0.25, -0.2) is 18.0 Å². The lowest BCUT2D eigenvalue weighted by Crippen LogP contribution is -2.31. The molecule has 0 aliphatic carbocycles. The maximum absolute atomic E-state index is 13.4. The molecule has 1 aliphatic heterocycles. The highest BCUT2D eigenvalue weighted by atomic mass is 19.3. The summed E-state index contributed by atoms with van der Waals surface area (Å²) in [5.41, 5.74) is 1.12. The Morgan fingerprint density at radius 2 is 2.04 bits per heavy atom. The summed E-state index contributed by atoms with van der Waals surface area (Å²) in [5, 5.41) is 0. The third-order valence-electron chi connectivity index (χ3n) is 3.94. The molecule has 0 N–H and O–H groups in total. The highest BCUT2D eigenvalue weighted by Gasteiger charge is 2.31. The van der Waals surface area contributed by atoms with E-state index in [9.17, 15) is 18.0 Å². The predicted molar refractivity (Wildman–Crippen MR) is 87.9 cm³/mol. The first-order valence-electron chi connectivity index (χ1n) is 7.33. The minimum Gasteiger partial charge on any atom is -0.296 e. The molecule has 0 aromatic heterocycles. The van der Waals surface area contributed by atoms with Crippen LogP contribution in [0, 0.1) is 5.82 Å². The number of carbonyl (C=O) groups is 1. The summed E-state index contributed by atoms with van der Waals surface area (Å²) in [4.78, 5) is 19.1. The molecule has 1 aromatic carbocycles. The Balaban J connectivity index is 2.28. The summed E-state index contributed by atoms with van der Waals surface area (Å²) in [6.45, 7) is 7.72. The Bertz CT molecular complexity index is 713. The lowest BCUT2D eigenvalue weighted by molar-refractivity contribution is 0.146. The highest BCUT2D eigenvalue weighted by Crippen LogP contribution is 2.29. The van der Waals surface area contributed by atoms with E-state index in [0.29, 0.717) is 13.1 Å². The summed E-state index contributed by atoms with van der Waals surface area (Å²) in [6, 6.07) is 2.98. The van der Waals surface area contributed by atoms with Gasteiger partial charge in [0.15, 0.2) is 0 Å². The van der Waals surface area contributed by atoms with Crippen molar-refractivity contribution in [1.29, 1.82) is 0 Å². The molecule has 1 saturated heterocycles. The van der Waals surface area contributed by atoms with Gasteiger partial charge in [0, 0.05) is 30.7 Å². The number of hydrogen-bond acceptors (Lipinski definition) is 2. The standard InChI is InChI=1S/C17H18F3N3O/c1-11(6-7-21-3)12(2)22-8-9-23(17(22)24)13-4-5-15(18)14(10-13)16(19)20/h4-7,10,16H,3,8-9H2,1-2H3/b7-6-,12-11+. The van der Waals surface area contributed by atoms with Gasteiger partial charge in [0.1, 0.15) is 5.82 Å². The van der Waals surface area contributed by atoms with Crippen LogP contribution in [0.25, 0.3) is 0 Å². The fourth-order valence-corrected chi connectivity index (χ4v) is 2.45. The van der Waals surface area contributed by atoms with Gasteiger partial charge in [0.05, 0.1) is 5.56 Å². The number of amides is 2. The van der Waals surface area contributed by atoms with Crippen LogP contribution >= 0.6 is 0 Å². The van der Waals surface area contributed by atoms with Crippen molar-refractivity contribution in [3.63, 3.8) is 0 Å². The average Bonchev–Trinajstić information content (AvgIpc) is 2.93. The molecule has 0 saturated carbocycles. The zero-order valence-corrected chi connectivity index (χ0v) is 13.5. The van der Waals surface area contributed by atoms with Crippen LogP contribution in [0.5, 0.6) is 0 Å². The number of nitrogens with zero attached hydrogens (tertiary/aromatic N) is 3. The number of urea groups is 1. The van der Waals surface area contributed by atoms with Gasteiger partial charge >= 0.3 is 6.03 Å². The van der Waals surface area contributed by atoms with E-state index in [2.05, 4.69) is 11.7 Å². The van der Waals surface area contributed by atoms with Crippen LogP contribution in [0.1, 0.15) is 25.8 Å².